The highest BCUT2D eigenvalue weighted by atomic mass is 35.5. The topological polar surface area (TPSA) is 429 Å². The number of aryl methyl sites for hydroxylation is 3. The van der Waals surface area contributed by atoms with E-state index in [1.165, 1.54) is 101 Å². The summed E-state index contributed by atoms with van der Waals surface area (Å²) in [5, 5.41) is 55.9. The third kappa shape index (κ3) is 24.6. The van der Waals surface area contributed by atoms with E-state index in [-0.39, 0.29) is 92.5 Å². The SMILES string of the molecule is Cn1nc(CC(=O)c2cc(-c3ccnc(CO)c3)nc(-c3ccccc3)n2)ccc1=O.Cn1nc(CC(=O)c2cc(Cl)nc(-c3ccccc3)n2)ccc1=O.Cn1nc(N)ccc1=O.O=C(Cl)c1cc(Cl)nc(-c2ccccc2)n1.O=C(O)c1cc(Cl)nc(-c2ccccc2)n1.OCc1cc(B(O)O)ccn1. The first-order valence-corrected chi connectivity index (χ1v) is 32.9. The van der Waals surface area contributed by atoms with E-state index in [9.17, 15) is 38.7 Å². The molecule has 0 amide bonds. The molecule has 13 rings (SSSR count). The zero-order chi connectivity index (χ0) is 77.1. The Hall–Kier alpha value is -12.5. The minimum absolute atomic E-state index is 0.00294. The fourth-order valence-electron chi connectivity index (χ4n) is 9.00. The summed E-state index contributed by atoms with van der Waals surface area (Å²) in [5.41, 5.74) is 11.6. The Balaban J connectivity index is 0.000000170. The molecule has 9 aromatic heterocycles. The number of hydrogen-bond acceptors (Lipinski definition) is 25. The summed E-state index contributed by atoms with van der Waals surface area (Å²) >= 11 is 22.9. The molecule has 0 saturated heterocycles. The lowest BCUT2D eigenvalue weighted by Gasteiger charge is -2.09. The smallest absolute Gasteiger partial charge is 0.477 e. The highest BCUT2D eigenvalue weighted by molar-refractivity contribution is 6.67. The molecule has 0 aliphatic rings. The number of carboxylic acid groups (broad SMARTS) is 1. The van der Waals surface area contributed by atoms with Gasteiger partial charge in [0, 0.05) is 97.8 Å². The second kappa shape index (κ2) is 39.4. The summed E-state index contributed by atoms with van der Waals surface area (Å²) in [6.07, 6.45) is 3.02. The summed E-state index contributed by atoms with van der Waals surface area (Å²) < 4.78 is 3.57. The van der Waals surface area contributed by atoms with Crippen molar-refractivity contribution in [2.45, 2.75) is 26.1 Å². The number of hydrogen-bond donors (Lipinski definition) is 6. The van der Waals surface area contributed by atoms with Crippen LogP contribution in [0.25, 0.3) is 56.8 Å². The number of nitrogens with zero attached hydrogens (tertiary/aromatic N) is 16. The minimum Gasteiger partial charge on any atom is -0.477 e. The zero-order valence-corrected chi connectivity index (χ0v) is 59.6. The molecule has 7 N–H and O–H groups in total. The quantitative estimate of drug-likeness (QED) is 0.0232. The number of carbonyl (C=O) groups excluding carboxylic acids is 3. The van der Waals surface area contributed by atoms with Crippen LogP contribution in [0.5, 0.6) is 0 Å². The van der Waals surface area contributed by atoms with Crippen molar-refractivity contribution < 1.29 is 44.5 Å². The maximum absolute atomic E-state index is 13.0. The summed E-state index contributed by atoms with van der Waals surface area (Å²) in [6, 6.07) is 57.6. The lowest BCUT2D eigenvalue weighted by atomic mass is 9.81. The fourth-order valence-corrected chi connectivity index (χ4v) is 9.64. The Morgan fingerprint density at radius 3 is 1.17 bits per heavy atom. The molecule has 9 heterocycles. The van der Waals surface area contributed by atoms with Crippen molar-refractivity contribution in [1.82, 2.24) is 79.2 Å². The summed E-state index contributed by atoms with van der Waals surface area (Å²) in [4.78, 5) is 122. The molecule has 4 aromatic carbocycles. The van der Waals surface area contributed by atoms with E-state index >= 15 is 0 Å². The third-order valence-electron chi connectivity index (χ3n) is 14.2. The van der Waals surface area contributed by atoms with Crippen LogP contribution in [0.3, 0.4) is 0 Å². The van der Waals surface area contributed by atoms with Gasteiger partial charge in [-0.2, -0.15) is 15.3 Å². The molecular formula is C73H60BCl4N17O12. The normalized spacial score (nSPS) is 10.3. The number of rotatable bonds is 16. The van der Waals surface area contributed by atoms with Crippen molar-refractivity contribution in [3.63, 3.8) is 0 Å². The molecule has 0 aliphatic heterocycles. The number of aliphatic hydroxyl groups excluding tert-OH is 2. The Labute approximate surface area is 628 Å². The lowest BCUT2D eigenvalue weighted by molar-refractivity contribution is 0.0689. The van der Waals surface area contributed by atoms with Gasteiger partial charge < -0.3 is 31.1 Å². The second-order valence-electron chi connectivity index (χ2n) is 22.0. The Morgan fingerprint density at radius 1 is 0.411 bits per heavy atom. The minimum atomic E-state index is -1.50. The zero-order valence-electron chi connectivity index (χ0n) is 56.5. The first kappa shape index (κ1) is 80.2. The molecule has 0 aliphatic carbocycles. The number of carbonyl (C=O) groups is 4. The fraction of sp³-hybridized carbons (Fsp3) is 0.0959. The highest BCUT2D eigenvalue weighted by Gasteiger charge is 2.19. The molecule has 0 radical (unpaired) electrons. The van der Waals surface area contributed by atoms with E-state index in [2.05, 4.69) is 65.1 Å². The predicted molar refractivity (Wildman–Crippen MR) is 400 cm³/mol. The average Bonchev–Trinajstić information content (AvgIpc) is 0.820. The number of anilines is 1. The molecule has 0 atom stereocenters. The van der Waals surface area contributed by atoms with E-state index < -0.39 is 18.3 Å². The number of aliphatic hydroxyl groups is 2. The summed E-state index contributed by atoms with van der Waals surface area (Å²) in [7, 11) is 3.13. The van der Waals surface area contributed by atoms with Crippen molar-refractivity contribution in [2.75, 3.05) is 5.73 Å². The molecule has 34 heteroatoms. The molecule has 0 spiro atoms. The van der Waals surface area contributed by atoms with Gasteiger partial charge in [-0.1, -0.05) is 156 Å². The third-order valence-corrected chi connectivity index (χ3v) is 15.0. The number of carboxylic acids is 1. The van der Waals surface area contributed by atoms with Crippen molar-refractivity contribution in [2.24, 2.45) is 21.1 Å². The molecule has 0 bridgehead atoms. The Bertz CT molecular complexity index is 5350. The van der Waals surface area contributed by atoms with Crippen molar-refractivity contribution in [1.29, 1.82) is 0 Å². The van der Waals surface area contributed by atoms with Gasteiger partial charge in [0.15, 0.2) is 40.6 Å². The predicted octanol–water partition coefficient (Wildman–Crippen LogP) is 7.82. The van der Waals surface area contributed by atoms with Gasteiger partial charge in [0.25, 0.3) is 21.9 Å². The van der Waals surface area contributed by atoms with Crippen molar-refractivity contribution in [3.8, 4) is 56.8 Å². The van der Waals surface area contributed by atoms with Crippen molar-refractivity contribution in [3.05, 3.63) is 311 Å². The molecular weight excluding hydrogens is 1460 g/mol. The van der Waals surface area contributed by atoms with Gasteiger partial charge in [-0.15, -0.1) is 0 Å². The number of ketones is 2. The van der Waals surface area contributed by atoms with E-state index in [0.29, 0.717) is 68.6 Å². The Kier molecular flexibility index (Phi) is 29.5. The molecule has 13 aromatic rings. The number of benzene rings is 4. The first-order valence-electron chi connectivity index (χ1n) is 31.4. The van der Waals surface area contributed by atoms with Crippen LogP contribution in [0.1, 0.15) is 64.7 Å². The number of halogens is 4. The monoisotopic (exact) mass is 1520 g/mol. The van der Waals surface area contributed by atoms with Gasteiger partial charge in [-0.3, -0.25) is 38.7 Å². The van der Waals surface area contributed by atoms with Crippen LogP contribution in [0.2, 0.25) is 15.5 Å². The molecule has 0 unspecified atom stereocenters. The van der Waals surface area contributed by atoms with Gasteiger partial charge in [0.2, 0.25) is 0 Å². The average molecular weight is 1520 g/mol. The van der Waals surface area contributed by atoms with Crippen molar-refractivity contribution >= 4 is 87.6 Å². The van der Waals surface area contributed by atoms with Crippen LogP contribution < -0.4 is 27.9 Å². The number of Topliss-reactive ketones (excluding diaryl/α,β-unsaturated/α-hetero) is 2. The van der Waals surface area contributed by atoms with Gasteiger partial charge >= 0.3 is 13.1 Å². The largest absolute Gasteiger partial charge is 0.488 e. The maximum Gasteiger partial charge on any atom is 0.488 e. The number of aromatic carboxylic acids is 1. The van der Waals surface area contributed by atoms with Gasteiger partial charge in [-0.05, 0) is 65.6 Å². The van der Waals surface area contributed by atoms with E-state index in [1.54, 1.807) is 43.6 Å². The van der Waals surface area contributed by atoms with E-state index in [0.717, 1.165) is 22.3 Å². The Morgan fingerprint density at radius 2 is 0.776 bits per heavy atom. The van der Waals surface area contributed by atoms with Gasteiger partial charge in [0.05, 0.1) is 54.5 Å². The van der Waals surface area contributed by atoms with Crippen LogP contribution in [0, 0.1) is 0 Å². The maximum atomic E-state index is 13.0. The molecule has 0 saturated carbocycles. The number of nitrogen functional groups attached to an aromatic ring is 1. The first-order chi connectivity index (χ1) is 51.3. The van der Waals surface area contributed by atoms with Crippen LogP contribution in [-0.2, 0) is 47.2 Å². The molecule has 0 fully saturated rings. The summed E-state index contributed by atoms with van der Waals surface area (Å²) in [5.74, 6) is 0.240. The molecule has 540 valence electrons. The van der Waals surface area contributed by atoms with Crippen LogP contribution in [0.4, 0.5) is 5.82 Å². The van der Waals surface area contributed by atoms with Crippen LogP contribution in [0.15, 0.2) is 233 Å². The number of aromatic nitrogens is 16. The lowest BCUT2D eigenvalue weighted by Crippen LogP contribution is -2.30. The standard InChI is InChI=1S/C23H19N5O3.C17H13ClN4O2.C11H6Cl2N2O.C11H7ClN2O2.C6H8BNO3.C5H7N3O/c1-28-22(31)8-7-17(27-28)12-21(30)20-13-19(16-9-10-24-18(11-16)14-29)25-23(26-20)15-5-3-2-4-6-15;1-22-16(24)8-7-12(21-22)9-14(23)13-10-15(18)20-17(19-13)11-5-3-2-4-6-11;12-9-6-8(10(13)16)14-11(15-9)7-4-2-1-3-5-7;12-9-6-8(11(15)16)13-10(14-9)7-4-2-1-3-5-7;9-4-6-3-5(7(10)11)1-2-8-6;1-8-5(9)3-2-4(6)7-8/h2-11,13,29H,12,14H2,1H3;2-8,10H,9H2,1H3;1-6H;1-6H,(H,15,16);1-3,9-11H,4H2;2-3H,1H3,(H2,6,7). The van der Waals surface area contributed by atoms with Gasteiger partial charge in [-0.25, -0.2) is 58.7 Å². The number of nitrogens with two attached hydrogens (primary N) is 1. The number of pyridine rings is 2. The van der Waals surface area contributed by atoms with E-state index in [4.69, 9.17) is 72.4 Å². The van der Waals surface area contributed by atoms with E-state index in [1.807, 2.05) is 109 Å². The van der Waals surface area contributed by atoms with Crippen LogP contribution in [-0.4, -0.2) is 134 Å². The van der Waals surface area contributed by atoms with Gasteiger partial charge in [0.1, 0.15) is 38.4 Å². The summed E-state index contributed by atoms with van der Waals surface area (Å²) in [6.45, 7) is -0.394. The second-order valence-corrected chi connectivity index (χ2v) is 23.5. The molecule has 107 heavy (non-hydrogen) atoms. The highest BCUT2D eigenvalue weighted by Crippen LogP contribution is 2.25. The molecule has 29 nitrogen and oxygen atoms in total. The van der Waals surface area contributed by atoms with Crippen LogP contribution >= 0.6 is 46.4 Å².